The smallest absolute Gasteiger partial charge is 0.276 e. The van der Waals surface area contributed by atoms with Crippen molar-refractivity contribution >= 4 is 16.3 Å². The van der Waals surface area contributed by atoms with Crippen LogP contribution in [0.15, 0.2) is 21.6 Å². The van der Waals surface area contributed by atoms with E-state index in [0.29, 0.717) is 25.3 Å². The van der Waals surface area contributed by atoms with Gasteiger partial charge in [0.05, 0.1) is 0 Å². The Hall–Kier alpha value is -1.14. The average Bonchev–Trinajstić information content (AvgIpc) is 2.80. The van der Waals surface area contributed by atoms with Crippen LogP contribution in [0.4, 0.5) is 0 Å². The molecule has 1 atom stereocenters. The molecule has 1 aliphatic heterocycles. The molecule has 0 amide bonds. The van der Waals surface area contributed by atoms with E-state index in [0.717, 1.165) is 32.1 Å². The van der Waals surface area contributed by atoms with Gasteiger partial charge in [0.25, 0.3) is 10.0 Å². The van der Waals surface area contributed by atoms with Gasteiger partial charge in [0.1, 0.15) is 0 Å². The van der Waals surface area contributed by atoms with Gasteiger partial charge in [-0.3, -0.25) is 4.79 Å². The molecule has 0 bridgehead atoms. The molecule has 112 valence electrons. The van der Waals surface area contributed by atoms with Crippen molar-refractivity contribution in [1.29, 1.82) is 0 Å². The van der Waals surface area contributed by atoms with Gasteiger partial charge in [-0.1, -0.05) is 19.8 Å². The number of aldehydes is 1. The van der Waals surface area contributed by atoms with E-state index in [9.17, 15) is 13.2 Å². The van der Waals surface area contributed by atoms with E-state index in [2.05, 4.69) is 6.92 Å². The van der Waals surface area contributed by atoms with Crippen LogP contribution in [0.3, 0.4) is 0 Å². The van der Waals surface area contributed by atoms with Gasteiger partial charge in [-0.05, 0) is 37.3 Å². The molecule has 1 aromatic rings. The van der Waals surface area contributed by atoms with E-state index in [-0.39, 0.29) is 10.9 Å². The molecule has 0 spiro atoms. The minimum Gasteiger partial charge on any atom is -0.440 e. The molecule has 0 N–H and O–H groups in total. The third-order valence-corrected chi connectivity index (χ3v) is 5.59. The number of hydrogen-bond donors (Lipinski definition) is 0. The van der Waals surface area contributed by atoms with Crippen LogP contribution in [0.25, 0.3) is 0 Å². The zero-order valence-electron chi connectivity index (χ0n) is 11.7. The zero-order valence-corrected chi connectivity index (χ0v) is 12.6. The van der Waals surface area contributed by atoms with Crippen molar-refractivity contribution in [3.63, 3.8) is 0 Å². The summed E-state index contributed by atoms with van der Waals surface area (Å²) in [6.07, 6.45) is 5.66. The molecule has 1 aliphatic rings. The standard InChI is InChI=1S/C14H21NO4S/c1-2-4-12-5-3-9-15(10-8-12)20(17,18)14-7-6-13(11-16)19-14/h6-7,11-12H,2-5,8-10H2,1H3. The lowest BCUT2D eigenvalue weighted by Gasteiger charge is -2.18. The summed E-state index contributed by atoms with van der Waals surface area (Å²) in [5.74, 6) is 0.657. The molecule has 2 rings (SSSR count). The van der Waals surface area contributed by atoms with Crippen molar-refractivity contribution in [3.8, 4) is 0 Å². The molecule has 0 aliphatic carbocycles. The molecule has 0 saturated carbocycles. The van der Waals surface area contributed by atoms with Crippen LogP contribution < -0.4 is 0 Å². The lowest BCUT2D eigenvalue weighted by molar-refractivity contribution is 0.109. The van der Waals surface area contributed by atoms with Crippen LogP contribution in [0.2, 0.25) is 0 Å². The molecule has 1 fully saturated rings. The normalized spacial score (nSPS) is 21.6. The lowest BCUT2D eigenvalue weighted by Crippen LogP contribution is -2.31. The quantitative estimate of drug-likeness (QED) is 0.784. The van der Waals surface area contributed by atoms with Gasteiger partial charge in [-0.2, -0.15) is 4.31 Å². The minimum absolute atomic E-state index is 0.0438. The van der Waals surface area contributed by atoms with Gasteiger partial charge >= 0.3 is 0 Å². The number of furan rings is 1. The first-order valence-electron chi connectivity index (χ1n) is 7.13. The Bertz CT molecular complexity index is 549. The summed E-state index contributed by atoms with van der Waals surface area (Å²) in [6, 6.07) is 2.74. The van der Waals surface area contributed by atoms with Crippen molar-refractivity contribution in [2.45, 2.75) is 44.1 Å². The third-order valence-electron chi connectivity index (χ3n) is 3.82. The molecule has 1 unspecified atom stereocenters. The first kappa shape index (κ1) is 15.3. The summed E-state index contributed by atoms with van der Waals surface area (Å²) in [6.45, 7) is 3.22. The van der Waals surface area contributed by atoms with Crippen LogP contribution in [0.1, 0.15) is 49.6 Å². The van der Waals surface area contributed by atoms with Crippen molar-refractivity contribution in [2.24, 2.45) is 5.92 Å². The Morgan fingerprint density at radius 2 is 2.15 bits per heavy atom. The van der Waals surface area contributed by atoms with Crippen molar-refractivity contribution < 1.29 is 17.6 Å². The Morgan fingerprint density at radius 3 is 2.80 bits per heavy atom. The highest BCUT2D eigenvalue weighted by Crippen LogP contribution is 2.26. The Kier molecular flexibility index (Phi) is 4.99. The number of carbonyl (C=O) groups excluding carboxylic acids is 1. The molecular formula is C14H21NO4S. The Labute approximate surface area is 120 Å². The highest BCUT2D eigenvalue weighted by molar-refractivity contribution is 7.89. The molecule has 2 heterocycles. The molecular weight excluding hydrogens is 278 g/mol. The molecule has 5 nitrogen and oxygen atoms in total. The van der Waals surface area contributed by atoms with Crippen LogP contribution in [0, 0.1) is 5.92 Å². The maximum Gasteiger partial charge on any atom is 0.276 e. The highest BCUT2D eigenvalue weighted by Gasteiger charge is 2.29. The summed E-state index contributed by atoms with van der Waals surface area (Å²) in [5.41, 5.74) is 0. The second-order valence-corrected chi connectivity index (χ2v) is 7.13. The van der Waals surface area contributed by atoms with Gasteiger partial charge in [-0.15, -0.1) is 0 Å². The number of hydrogen-bond acceptors (Lipinski definition) is 4. The van der Waals surface area contributed by atoms with E-state index in [1.165, 1.54) is 16.4 Å². The second kappa shape index (κ2) is 6.54. The largest absolute Gasteiger partial charge is 0.440 e. The summed E-state index contributed by atoms with van der Waals surface area (Å²) >= 11 is 0. The molecule has 1 aromatic heterocycles. The lowest BCUT2D eigenvalue weighted by atomic mass is 9.96. The topological polar surface area (TPSA) is 67.6 Å². The van der Waals surface area contributed by atoms with E-state index in [4.69, 9.17) is 4.42 Å². The van der Waals surface area contributed by atoms with Gasteiger partial charge in [-0.25, -0.2) is 8.42 Å². The SMILES string of the molecule is CCCC1CCCN(S(=O)(=O)c2ccc(C=O)o2)CC1. The predicted molar refractivity (Wildman–Crippen MR) is 75.1 cm³/mol. The summed E-state index contributed by atoms with van der Waals surface area (Å²) in [7, 11) is -3.61. The first-order valence-corrected chi connectivity index (χ1v) is 8.57. The predicted octanol–water partition coefficient (Wildman–Crippen LogP) is 2.68. The third kappa shape index (κ3) is 3.30. The van der Waals surface area contributed by atoms with Crippen LogP contribution in [-0.4, -0.2) is 32.1 Å². The van der Waals surface area contributed by atoms with Crippen LogP contribution in [-0.2, 0) is 10.0 Å². The molecule has 0 radical (unpaired) electrons. The first-order chi connectivity index (χ1) is 9.57. The van der Waals surface area contributed by atoms with E-state index in [1.54, 1.807) is 0 Å². The fourth-order valence-corrected chi connectivity index (χ4v) is 4.15. The van der Waals surface area contributed by atoms with Gasteiger partial charge in [0.2, 0.25) is 5.09 Å². The van der Waals surface area contributed by atoms with E-state index < -0.39 is 10.0 Å². The summed E-state index contributed by atoms with van der Waals surface area (Å²) < 4.78 is 31.5. The van der Waals surface area contributed by atoms with Crippen molar-refractivity contribution in [1.82, 2.24) is 4.31 Å². The average molecular weight is 299 g/mol. The van der Waals surface area contributed by atoms with Gasteiger partial charge in [0.15, 0.2) is 12.0 Å². The van der Waals surface area contributed by atoms with E-state index >= 15 is 0 Å². The summed E-state index contributed by atoms with van der Waals surface area (Å²) in [5, 5.41) is -0.131. The zero-order chi connectivity index (χ0) is 14.6. The highest BCUT2D eigenvalue weighted by atomic mass is 32.2. The maximum absolute atomic E-state index is 12.5. The fraction of sp³-hybridized carbons (Fsp3) is 0.643. The molecule has 0 aromatic carbocycles. The van der Waals surface area contributed by atoms with E-state index in [1.807, 2.05) is 0 Å². The summed E-state index contributed by atoms with van der Waals surface area (Å²) in [4.78, 5) is 10.6. The number of carbonyl (C=O) groups is 1. The maximum atomic E-state index is 12.5. The Morgan fingerprint density at radius 1 is 1.35 bits per heavy atom. The molecule has 1 saturated heterocycles. The monoisotopic (exact) mass is 299 g/mol. The van der Waals surface area contributed by atoms with Crippen LogP contribution in [0.5, 0.6) is 0 Å². The number of sulfonamides is 1. The van der Waals surface area contributed by atoms with Gasteiger partial charge in [0, 0.05) is 13.1 Å². The number of nitrogens with zero attached hydrogens (tertiary/aromatic N) is 1. The second-order valence-electron chi connectivity index (χ2n) is 5.26. The molecule has 6 heteroatoms. The van der Waals surface area contributed by atoms with Gasteiger partial charge < -0.3 is 4.42 Å². The number of rotatable bonds is 5. The fourth-order valence-electron chi connectivity index (χ4n) is 2.74. The van der Waals surface area contributed by atoms with Crippen LogP contribution >= 0.6 is 0 Å². The molecule has 20 heavy (non-hydrogen) atoms. The van der Waals surface area contributed by atoms with Crippen molar-refractivity contribution in [3.05, 3.63) is 17.9 Å². The Balaban J connectivity index is 2.11. The minimum atomic E-state index is -3.61. The van der Waals surface area contributed by atoms with Crippen molar-refractivity contribution in [2.75, 3.05) is 13.1 Å².